The van der Waals surface area contributed by atoms with Crippen molar-refractivity contribution in [1.29, 1.82) is 0 Å². The Kier molecular flexibility index (Phi) is 9.00. The summed E-state index contributed by atoms with van der Waals surface area (Å²) in [5.41, 5.74) is 1.70. The quantitative estimate of drug-likeness (QED) is 0.417. The van der Waals surface area contributed by atoms with Crippen molar-refractivity contribution in [3.63, 3.8) is 0 Å². The highest BCUT2D eigenvalue weighted by molar-refractivity contribution is 5.97. The van der Waals surface area contributed by atoms with Crippen molar-refractivity contribution in [1.82, 2.24) is 15.1 Å². The smallest absolute Gasteiger partial charge is 0.243 e. The highest BCUT2D eigenvalue weighted by atomic mass is 16.5. The van der Waals surface area contributed by atoms with E-state index in [1.54, 1.807) is 36.3 Å². The first-order chi connectivity index (χ1) is 20.0. The lowest BCUT2D eigenvalue weighted by Crippen LogP contribution is -2.60. The number of nitrogens with zero attached hydrogens (tertiary/aromatic N) is 3. The summed E-state index contributed by atoms with van der Waals surface area (Å²) < 4.78 is 11.0. The van der Waals surface area contributed by atoms with Crippen LogP contribution < -0.4 is 25.0 Å². The summed E-state index contributed by atoms with van der Waals surface area (Å²) in [6.45, 7) is 4.00. The summed E-state index contributed by atoms with van der Waals surface area (Å²) in [7, 11) is 1.65. The van der Waals surface area contributed by atoms with Gasteiger partial charge in [-0.1, -0.05) is 18.2 Å². The number of methoxy groups -OCH3 is 1. The van der Waals surface area contributed by atoms with E-state index < -0.39 is 6.04 Å². The van der Waals surface area contributed by atoms with Crippen LogP contribution in [-0.2, 0) is 14.4 Å². The number of carbonyl (C=O) groups excluding carboxylic acids is 3. The summed E-state index contributed by atoms with van der Waals surface area (Å²) in [6, 6.07) is 23.5. The van der Waals surface area contributed by atoms with Crippen LogP contribution in [0.1, 0.15) is 6.42 Å². The molecule has 2 aliphatic heterocycles. The fourth-order valence-electron chi connectivity index (χ4n) is 5.07. The summed E-state index contributed by atoms with van der Waals surface area (Å²) in [6.07, 6.45) is -0.120. The van der Waals surface area contributed by atoms with Gasteiger partial charge in [0.25, 0.3) is 0 Å². The van der Waals surface area contributed by atoms with E-state index >= 15 is 0 Å². The Labute approximate surface area is 239 Å². The molecule has 0 spiro atoms. The van der Waals surface area contributed by atoms with Crippen LogP contribution in [0.4, 0.5) is 11.4 Å². The van der Waals surface area contributed by atoms with E-state index in [1.165, 1.54) is 0 Å². The van der Waals surface area contributed by atoms with E-state index in [2.05, 4.69) is 20.4 Å². The van der Waals surface area contributed by atoms with Gasteiger partial charge in [-0.15, -0.1) is 0 Å². The Bertz CT molecular complexity index is 1330. The molecule has 10 nitrogen and oxygen atoms in total. The van der Waals surface area contributed by atoms with Crippen molar-refractivity contribution < 1.29 is 23.9 Å². The minimum atomic E-state index is -0.850. The van der Waals surface area contributed by atoms with Gasteiger partial charge in [0, 0.05) is 50.6 Å². The lowest BCUT2D eigenvalue weighted by Gasteiger charge is -2.39. The molecule has 3 aromatic carbocycles. The molecule has 2 saturated heterocycles. The summed E-state index contributed by atoms with van der Waals surface area (Å²) in [5.74, 6) is 1.39. The zero-order valence-corrected chi connectivity index (χ0v) is 23.1. The molecule has 41 heavy (non-hydrogen) atoms. The van der Waals surface area contributed by atoms with E-state index in [0.717, 1.165) is 43.4 Å². The molecule has 214 valence electrons. The average Bonchev–Trinajstić information content (AvgIpc) is 3.00. The molecular formula is C31H35N5O5. The van der Waals surface area contributed by atoms with Crippen LogP contribution in [0.25, 0.3) is 0 Å². The second-order valence-electron chi connectivity index (χ2n) is 10.0. The van der Waals surface area contributed by atoms with E-state index in [0.29, 0.717) is 24.5 Å². The van der Waals surface area contributed by atoms with Gasteiger partial charge in [0.15, 0.2) is 0 Å². The zero-order chi connectivity index (χ0) is 28.6. The van der Waals surface area contributed by atoms with Crippen LogP contribution >= 0.6 is 0 Å². The van der Waals surface area contributed by atoms with Crippen LogP contribution in [0.3, 0.4) is 0 Å². The van der Waals surface area contributed by atoms with E-state index in [-0.39, 0.29) is 30.7 Å². The van der Waals surface area contributed by atoms with Crippen molar-refractivity contribution in [3.05, 3.63) is 78.9 Å². The average molecular weight is 558 g/mol. The summed E-state index contributed by atoms with van der Waals surface area (Å²) in [5, 5.41) is 5.63. The maximum atomic E-state index is 13.3. The molecule has 2 fully saturated rings. The maximum absolute atomic E-state index is 13.3. The Morgan fingerprint density at radius 3 is 2.20 bits per heavy atom. The highest BCUT2D eigenvalue weighted by Crippen LogP contribution is 2.23. The molecule has 2 N–H and O–H groups in total. The van der Waals surface area contributed by atoms with Gasteiger partial charge >= 0.3 is 0 Å². The van der Waals surface area contributed by atoms with E-state index in [9.17, 15) is 14.4 Å². The molecule has 0 saturated carbocycles. The first kappa shape index (κ1) is 28.0. The normalized spacial score (nSPS) is 17.5. The number of rotatable bonds is 9. The molecule has 1 atom stereocenters. The molecule has 0 aromatic heterocycles. The Hall–Kier alpha value is -4.57. The molecule has 5 rings (SSSR count). The SMILES string of the molecule is COc1ccc(N2CCN(CC(=O)N3CCNC(=O)[C@H]3CC(=O)Nc3ccc(Oc4ccccc4)cc3)CC2)cc1. The number of hydrogen-bond acceptors (Lipinski definition) is 7. The Morgan fingerprint density at radius 1 is 0.854 bits per heavy atom. The lowest BCUT2D eigenvalue weighted by molar-refractivity contribution is -0.145. The van der Waals surface area contributed by atoms with E-state index in [4.69, 9.17) is 9.47 Å². The number of nitrogens with one attached hydrogen (secondary N) is 2. The number of anilines is 2. The third-order valence-corrected chi connectivity index (χ3v) is 7.32. The van der Waals surface area contributed by atoms with Crippen LogP contribution in [0.15, 0.2) is 78.9 Å². The van der Waals surface area contributed by atoms with Crippen LogP contribution in [-0.4, -0.2) is 86.5 Å². The number of benzene rings is 3. The Balaban J connectivity index is 1.12. The van der Waals surface area contributed by atoms with Gasteiger partial charge < -0.3 is 29.9 Å². The molecule has 0 bridgehead atoms. The number of carbonyl (C=O) groups is 3. The fraction of sp³-hybridized carbons (Fsp3) is 0.323. The monoisotopic (exact) mass is 557 g/mol. The van der Waals surface area contributed by atoms with Crippen molar-refractivity contribution in [2.24, 2.45) is 0 Å². The number of ether oxygens (including phenoxy) is 2. The van der Waals surface area contributed by atoms with Crippen molar-refractivity contribution >= 4 is 29.1 Å². The Morgan fingerprint density at radius 2 is 1.51 bits per heavy atom. The molecule has 3 amide bonds. The first-order valence-corrected chi connectivity index (χ1v) is 13.8. The predicted octanol–water partition coefficient (Wildman–Crippen LogP) is 2.97. The molecule has 0 radical (unpaired) electrons. The van der Waals surface area contributed by atoms with Gasteiger partial charge in [-0.05, 0) is 60.7 Å². The topological polar surface area (TPSA) is 103 Å². The van der Waals surface area contributed by atoms with Crippen LogP contribution in [0, 0.1) is 0 Å². The summed E-state index contributed by atoms with van der Waals surface area (Å²) >= 11 is 0. The molecule has 0 unspecified atom stereocenters. The maximum Gasteiger partial charge on any atom is 0.243 e. The standard InChI is InChI=1S/C31H35N5O5/c1-40-25-13-9-24(10-14-25)35-19-17-34(18-20-35)22-30(38)36-16-15-32-31(39)28(36)21-29(37)33-23-7-11-27(12-8-23)41-26-5-3-2-4-6-26/h2-14,28H,15-22H2,1H3,(H,32,39)(H,33,37)/t28-/m1/s1. The second-order valence-corrected chi connectivity index (χ2v) is 10.0. The number of amides is 3. The highest BCUT2D eigenvalue weighted by Gasteiger charge is 2.35. The van der Waals surface area contributed by atoms with Crippen molar-refractivity contribution in [3.8, 4) is 17.2 Å². The minimum absolute atomic E-state index is 0.120. The van der Waals surface area contributed by atoms with Gasteiger partial charge in [-0.25, -0.2) is 0 Å². The van der Waals surface area contributed by atoms with Crippen LogP contribution in [0.2, 0.25) is 0 Å². The number of hydrogen-bond donors (Lipinski definition) is 2. The van der Waals surface area contributed by atoms with Crippen molar-refractivity contribution in [2.45, 2.75) is 12.5 Å². The molecular weight excluding hydrogens is 522 g/mol. The van der Waals surface area contributed by atoms with Gasteiger partial charge in [-0.3, -0.25) is 19.3 Å². The number of piperazine rings is 2. The van der Waals surface area contributed by atoms with Gasteiger partial charge in [0.05, 0.1) is 20.1 Å². The molecule has 10 heteroatoms. The molecule has 0 aliphatic carbocycles. The summed E-state index contributed by atoms with van der Waals surface area (Å²) in [4.78, 5) is 44.8. The zero-order valence-electron chi connectivity index (χ0n) is 23.1. The van der Waals surface area contributed by atoms with Crippen LogP contribution in [0.5, 0.6) is 17.2 Å². The van der Waals surface area contributed by atoms with Crippen molar-refractivity contribution in [2.75, 3.05) is 63.1 Å². The predicted molar refractivity (Wildman–Crippen MR) is 156 cm³/mol. The fourth-order valence-corrected chi connectivity index (χ4v) is 5.07. The molecule has 3 aromatic rings. The third-order valence-electron chi connectivity index (χ3n) is 7.32. The van der Waals surface area contributed by atoms with Gasteiger partial charge in [-0.2, -0.15) is 0 Å². The minimum Gasteiger partial charge on any atom is -0.497 e. The second kappa shape index (κ2) is 13.2. The third kappa shape index (κ3) is 7.34. The van der Waals surface area contributed by atoms with Gasteiger partial charge in [0.1, 0.15) is 23.3 Å². The largest absolute Gasteiger partial charge is 0.497 e. The lowest BCUT2D eigenvalue weighted by atomic mass is 10.1. The van der Waals surface area contributed by atoms with Gasteiger partial charge in [0.2, 0.25) is 17.7 Å². The first-order valence-electron chi connectivity index (χ1n) is 13.8. The molecule has 2 aliphatic rings. The van der Waals surface area contributed by atoms with E-state index in [1.807, 2.05) is 54.6 Å². The number of para-hydroxylation sites is 1. The molecule has 2 heterocycles.